The molecule has 1 aromatic heterocycles. The monoisotopic (exact) mass is 405 g/mol. The first kappa shape index (κ1) is 18.9. The van der Waals surface area contributed by atoms with Crippen molar-refractivity contribution in [1.29, 1.82) is 0 Å². The molecule has 5 saturated carbocycles. The fourth-order valence-electron chi connectivity index (χ4n) is 7.79. The van der Waals surface area contributed by atoms with Gasteiger partial charge in [0, 0.05) is 17.3 Å². The molecule has 2 aromatic rings. The molecule has 0 unspecified atom stereocenters. The Bertz CT molecular complexity index is 875. The van der Waals surface area contributed by atoms with Gasteiger partial charge in [-0.1, -0.05) is 30.5 Å². The summed E-state index contributed by atoms with van der Waals surface area (Å²) in [6.45, 7) is 1.88. The van der Waals surface area contributed by atoms with Crippen LogP contribution < -0.4 is 5.32 Å². The smallest absolute Gasteiger partial charge is 0.257 e. The summed E-state index contributed by atoms with van der Waals surface area (Å²) in [7, 11) is 0. The van der Waals surface area contributed by atoms with E-state index in [0.29, 0.717) is 23.2 Å². The second-order valence-electron chi connectivity index (χ2n) is 11.1. The van der Waals surface area contributed by atoms with E-state index >= 15 is 0 Å². The lowest BCUT2D eigenvalue weighted by molar-refractivity contribution is -0.0521. The van der Waals surface area contributed by atoms with Gasteiger partial charge >= 0.3 is 0 Å². The average molecular weight is 406 g/mol. The summed E-state index contributed by atoms with van der Waals surface area (Å²) in [5.74, 6) is 4.36. The Hall–Kier alpha value is -1.84. The molecule has 0 radical (unpaired) electrons. The van der Waals surface area contributed by atoms with Crippen LogP contribution in [-0.4, -0.2) is 16.2 Å². The highest BCUT2D eigenvalue weighted by Gasteiger charge is 2.50. The molecule has 1 heterocycles. The lowest BCUT2D eigenvalue weighted by atomic mass is 9.48. The zero-order valence-corrected chi connectivity index (χ0v) is 18.3. The van der Waals surface area contributed by atoms with E-state index in [1.54, 1.807) is 0 Å². The fraction of sp³-hybridized carbons (Fsp3) is 0.692. The zero-order valence-electron chi connectivity index (χ0n) is 18.3. The molecule has 160 valence electrons. The Kier molecular flexibility index (Phi) is 4.65. The molecule has 0 atom stereocenters. The van der Waals surface area contributed by atoms with Crippen molar-refractivity contribution in [3.8, 4) is 11.5 Å². The summed E-state index contributed by atoms with van der Waals surface area (Å²) >= 11 is 0. The second kappa shape index (κ2) is 7.39. The van der Waals surface area contributed by atoms with E-state index in [1.807, 2.05) is 6.92 Å². The van der Waals surface area contributed by atoms with Crippen molar-refractivity contribution in [2.45, 2.75) is 90.0 Å². The lowest BCUT2D eigenvalue weighted by Gasteiger charge is -2.57. The molecule has 5 aliphatic rings. The summed E-state index contributed by atoms with van der Waals surface area (Å²) in [5.41, 5.74) is 4.44. The SMILES string of the molecule is Cc1noc(-c2ccc(CC34CC5CC(CC(C5)C3)C4)c(NC3CCCCC3)c2)n1. The largest absolute Gasteiger partial charge is 0.382 e. The van der Waals surface area contributed by atoms with Gasteiger partial charge in [0.2, 0.25) is 0 Å². The third-order valence-electron chi connectivity index (χ3n) is 8.58. The van der Waals surface area contributed by atoms with Gasteiger partial charge in [-0.2, -0.15) is 4.98 Å². The minimum Gasteiger partial charge on any atom is -0.382 e. The van der Waals surface area contributed by atoms with E-state index in [1.165, 1.54) is 88.3 Å². The van der Waals surface area contributed by atoms with Crippen LogP contribution in [-0.2, 0) is 6.42 Å². The number of nitrogens with one attached hydrogen (secondary N) is 1. The van der Waals surface area contributed by atoms with E-state index in [2.05, 4.69) is 33.7 Å². The summed E-state index contributed by atoms with van der Waals surface area (Å²) in [4.78, 5) is 4.47. The minimum atomic E-state index is 0.556. The molecular weight excluding hydrogens is 370 g/mol. The number of nitrogens with zero attached hydrogens (tertiary/aromatic N) is 2. The Morgan fingerprint density at radius 3 is 2.33 bits per heavy atom. The summed E-state index contributed by atoms with van der Waals surface area (Å²) in [6.07, 6.45) is 16.9. The number of aromatic nitrogens is 2. The van der Waals surface area contributed by atoms with Gasteiger partial charge in [-0.15, -0.1) is 0 Å². The maximum atomic E-state index is 5.48. The van der Waals surface area contributed by atoms with Gasteiger partial charge < -0.3 is 9.84 Å². The van der Waals surface area contributed by atoms with Crippen LogP contribution in [0.5, 0.6) is 0 Å². The van der Waals surface area contributed by atoms with Gasteiger partial charge in [-0.25, -0.2) is 0 Å². The molecule has 1 N–H and O–H groups in total. The highest BCUT2D eigenvalue weighted by Crippen LogP contribution is 2.61. The fourth-order valence-corrected chi connectivity index (χ4v) is 7.79. The molecule has 4 heteroatoms. The molecule has 1 aromatic carbocycles. The van der Waals surface area contributed by atoms with Crippen LogP contribution in [0.3, 0.4) is 0 Å². The minimum absolute atomic E-state index is 0.556. The first-order valence-electron chi connectivity index (χ1n) is 12.3. The molecule has 30 heavy (non-hydrogen) atoms. The van der Waals surface area contributed by atoms with Gasteiger partial charge in [-0.05, 0) is 106 Å². The normalized spacial score (nSPS) is 33.2. The summed E-state index contributed by atoms with van der Waals surface area (Å²) in [6, 6.07) is 7.46. The van der Waals surface area contributed by atoms with E-state index in [-0.39, 0.29) is 0 Å². The van der Waals surface area contributed by atoms with Crippen LogP contribution in [0, 0.1) is 30.1 Å². The molecule has 4 bridgehead atoms. The Morgan fingerprint density at radius 1 is 1.00 bits per heavy atom. The molecule has 0 spiro atoms. The molecule has 0 saturated heterocycles. The highest BCUT2D eigenvalue weighted by molar-refractivity contribution is 5.65. The number of anilines is 1. The van der Waals surface area contributed by atoms with E-state index in [0.717, 1.165) is 23.3 Å². The van der Waals surface area contributed by atoms with Gasteiger partial charge in [0.05, 0.1) is 0 Å². The van der Waals surface area contributed by atoms with E-state index in [4.69, 9.17) is 4.52 Å². The molecule has 7 rings (SSSR count). The van der Waals surface area contributed by atoms with Crippen molar-refractivity contribution in [2.75, 3.05) is 5.32 Å². The number of rotatable bonds is 5. The Morgan fingerprint density at radius 2 is 1.70 bits per heavy atom. The number of benzene rings is 1. The topological polar surface area (TPSA) is 51.0 Å². The average Bonchev–Trinajstić information content (AvgIpc) is 3.15. The Balaban J connectivity index is 1.31. The van der Waals surface area contributed by atoms with Crippen LogP contribution in [0.15, 0.2) is 22.7 Å². The van der Waals surface area contributed by atoms with Gasteiger partial charge in [0.15, 0.2) is 5.82 Å². The predicted molar refractivity (Wildman–Crippen MR) is 119 cm³/mol. The van der Waals surface area contributed by atoms with Crippen molar-refractivity contribution in [2.24, 2.45) is 23.2 Å². The molecule has 0 aliphatic heterocycles. The van der Waals surface area contributed by atoms with Crippen molar-refractivity contribution >= 4 is 5.69 Å². The van der Waals surface area contributed by atoms with Crippen molar-refractivity contribution in [1.82, 2.24) is 10.1 Å². The molecular formula is C26H35N3O. The van der Waals surface area contributed by atoms with E-state index in [9.17, 15) is 0 Å². The maximum absolute atomic E-state index is 5.48. The first-order chi connectivity index (χ1) is 14.6. The summed E-state index contributed by atoms with van der Waals surface area (Å²) in [5, 5.41) is 7.96. The van der Waals surface area contributed by atoms with Crippen LogP contribution >= 0.6 is 0 Å². The van der Waals surface area contributed by atoms with Crippen molar-refractivity contribution < 1.29 is 4.52 Å². The highest BCUT2D eigenvalue weighted by atomic mass is 16.5. The predicted octanol–water partition coefficient (Wildman–Crippen LogP) is 6.55. The lowest BCUT2D eigenvalue weighted by Crippen LogP contribution is -2.47. The van der Waals surface area contributed by atoms with Gasteiger partial charge in [0.25, 0.3) is 5.89 Å². The van der Waals surface area contributed by atoms with Crippen LogP contribution in [0.4, 0.5) is 5.69 Å². The van der Waals surface area contributed by atoms with Crippen LogP contribution in [0.25, 0.3) is 11.5 Å². The number of hydrogen-bond donors (Lipinski definition) is 1. The molecule has 5 fully saturated rings. The third kappa shape index (κ3) is 3.56. The molecule has 4 nitrogen and oxygen atoms in total. The standard InChI is InChI=1S/C26H35N3O/c1-17-27-25(30-29-17)21-7-8-22(24(12-21)28-23-5-3-2-4-6-23)16-26-13-18-9-19(14-26)11-20(10-18)15-26/h7-8,12,18-20,23,28H,2-6,9-11,13-16H2,1H3. The molecule has 0 amide bonds. The second-order valence-corrected chi connectivity index (χ2v) is 11.1. The van der Waals surface area contributed by atoms with E-state index < -0.39 is 0 Å². The van der Waals surface area contributed by atoms with Crippen molar-refractivity contribution in [3.63, 3.8) is 0 Å². The van der Waals surface area contributed by atoms with Crippen molar-refractivity contribution in [3.05, 3.63) is 29.6 Å². The third-order valence-corrected chi connectivity index (χ3v) is 8.58. The van der Waals surface area contributed by atoms with Crippen LogP contribution in [0.2, 0.25) is 0 Å². The first-order valence-corrected chi connectivity index (χ1v) is 12.3. The number of aryl methyl sites for hydroxylation is 1. The Labute approximate surface area is 180 Å². The van der Waals surface area contributed by atoms with Gasteiger partial charge in [-0.3, -0.25) is 0 Å². The number of hydrogen-bond acceptors (Lipinski definition) is 4. The quantitative estimate of drug-likeness (QED) is 0.613. The maximum Gasteiger partial charge on any atom is 0.257 e. The molecule has 5 aliphatic carbocycles. The van der Waals surface area contributed by atoms with Gasteiger partial charge in [0.1, 0.15) is 0 Å². The zero-order chi connectivity index (χ0) is 20.1. The van der Waals surface area contributed by atoms with Crippen LogP contribution in [0.1, 0.15) is 82.0 Å². The summed E-state index contributed by atoms with van der Waals surface area (Å²) < 4.78 is 5.48.